The number of rotatable bonds is 10. The molecular formula is C31H35N5O6S. The van der Waals surface area contributed by atoms with E-state index in [-0.39, 0.29) is 41.6 Å². The van der Waals surface area contributed by atoms with Gasteiger partial charge in [-0.3, -0.25) is 14.3 Å². The van der Waals surface area contributed by atoms with Gasteiger partial charge in [-0.15, -0.1) is 0 Å². The molecule has 1 N–H and O–H groups in total. The normalized spacial score (nSPS) is 15.3. The van der Waals surface area contributed by atoms with E-state index in [0.717, 1.165) is 17.7 Å². The Kier molecular flexibility index (Phi) is 8.79. The second kappa shape index (κ2) is 12.5. The van der Waals surface area contributed by atoms with Crippen LogP contribution in [0.25, 0.3) is 28.5 Å². The molecule has 0 radical (unpaired) electrons. The highest BCUT2D eigenvalue weighted by atomic mass is 32.2. The van der Waals surface area contributed by atoms with Crippen LogP contribution in [0.3, 0.4) is 0 Å². The van der Waals surface area contributed by atoms with Crippen molar-refractivity contribution in [2.45, 2.75) is 44.9 Å². The summed E-state index contributed by atoms with van der Waals surface area (Å²) in [6.45, 7) is 6.60. The summed E-state index contributed by atoms with van der Waals surface area (Å²) >= 11 is 0. The number of aromatic amines is 1. The maximum Gasteiger partial charge on any atom is 0.277 e. The minimum absolute atomic E-state index is 0.00318. The standard InChI is InChI=1S/C31H35N5O6S/c1-5-8-25-28-29(35(4)34-25)31(38)33-30(32-28)24-18-23(13-14-27(24)42-7-3)43(39,40)36-16-15-26(37)21(19-36)17-20-9-11-22(12-10-20)41-6-2/h9-14,17-18H,5-8,15-16,19H2,1-4H3,(H,32,33,38)/b21-17-. The molecule has 4 aromatic rings. The largest absolute Gasteiger partial charge is 0.494 e. The van der Waals surface area contributed by atoms with Crippen LogP contribution in [0.1, 0.15) is 44.9 Å². The fourth-order valence-electron chi connectivity index (χ4n) is 5.17. The van der Waals surface area contributed by atoms with Gasteiger partial charge in [0.05, 0.1) is 29.4 Å². The Morgan fingerprint density at radius 2 is 1.77 bits per heavy atom. The van der Waals surface area contributed by atoms with Gasteiger partial charge in [-0.1, -0.05) is 25.5 Å². The van der Waals surface area contributed by atoms with E-state index in [1.807, 2.05) is 45.0 Å². The number of aromatic nitrogens is 4. The summed E-state index contributed by atoms with van der Waals surface area (Å²) in [7, 11) is -2.33. The van der Waals surface area contributed by atoms with Gasteiger partial charge < -0.3 is 14.5 Å². The molecule has 0 unspecified atom stereocenters. The average molecular weight is 606 g/mol. The van der Waals surface area contributed by atoms with Crippen molar-refractivity contribution in [3.8, 4) is 22.9 Å². The van der Waals surface area contributed by atoms with E-state index in [9.17, 15) is 18.0 Å². The number of fused-ring (bicyclic) bond motifs is 1. The highest BCUT2D eigenvalue weighted by Crippen LogP contribution is 2.33. The molecule has 2 aromatic carbocycles. The van der Waals surface area contributed by atoms with Crippen molar-refractivity contribution in [2.75, 3.05) is 26.3 Å². The molecule has 43 heavy (non-hydrogen) atoms. The first kappa shape index (κ1) is 30.2. The Morgan fingerprint density at radius 3 is 2.47 bits per heavy atom. The van der Waals surface area contributed by atoms with Gasteiger partial charge in [0, 0.05) is 32.1 Å². The van der Waals surface area contributed by atoms with E-state index in [0.29, 0.717) is 53.2 Å². The number of H-pyrrole nitrogens is 1. The maximum atomic E-state index is 13.9. The number of piperidine rings is 1. The molecule has 11 nitrogen and oxygen atoms in total. The predicted octanol–water partition coefficient (Wildman–Crippen LogP) is 4.12. The molecule has 1 saturated heterocycles. The predicted molar refractivity (Wildman–Crippen MR) is 164 cm³/mol. The van der Waals surface area contributed by atoms with Crippen LogP contribution in [-0.2, 0) is 28.3 Å². The summed E-state index contributed by atoms with van der Waals surface area (Å²) in [5.74, 6) is 1.19. The number of nitrogens with one attached hydrogen (secondary N) is 1. The lowest BCUT2D eigenvalue weighted by atomic mass is 10.0. The Balaban J connectivity index is 1.52. The minimum atomic E-state index is -4.02. The van der Waals surface area contributed by atoms with Crippen molar-refractivity contribution >= 4 is 32.9 Å². The first-order valence-corrected chi connectivity index (χ1v) is 15.8. The third-order valence-electron chi connectivity index (χ3n) is 7.22. The monoisotopic (exact) mass is 605 g/mol. The summed E-state index contributed by atoms with van der Waals surface area (Å²) in [5, 5.41) is 4.47. The van der Waals surface area contributed by atoms with E-state index >= 15 is 0 Å². The zero-order valence-electron chi connectivity index (χ0n) is 24.7. The molecule has 0 bridgehead atoms. The van der Waals surface area contributed by atoms with E-state index in [4.69, 9.17) is 14.5 Å². The second-order valence-electron chi connectivity index (χ2n) is 10.2. The number of benzene rings is 2. The molecule has 0 spiro atoms. The Hall–Kier alpha value is -4.29. The summed E-state index contributed by atoms with van der Waals surface area (Å²) < 4.78 is 41.9. The lowest BCUT2D eigenvalue weighted by Gasteiger charge is -2.27. The van der Waals surface area contributed by atoms with Crippen LogP contribution < -0.4 is 15.0 Å². The number of hydrogen-bond donors (Lipinski definition) is 1. The number of nitrogens with zero attached hydrogens (tertiary/aromatic N) is 4. The van der Waals surface area contributed by atoms with Gasteiger partial charge in [-0.25, -0.2) is 13.4 Å². The van der Waals surface area contributed by atoms with Gasteiger partial charge >= 0.3 is 0 Å². The lowest BCUT2D eigenvalue weighted by molar-refractivity contribution is -0.116. The highest BCUT2D eigenvalue weighted by molar-refractivity contribution is 7.89. The van der Waals surface area contributed by atoms with Crippen molar-refractivity contribution in [2.24, 2.45) is 7.05 Å². The van der Waals surface area contributed by atoms with Crippen LogP contribution >= 0.6 is 0 Å². The van der Waals surface area contributed by atoms with E-state index in [1.54, 1.807) is 19.2 Å². The number of carbonyl (C=O) groups is 1. The minimum Gasteiger partial charge on any atom is -0.494 e. The van der Waals surface area contributed by atoms with Crippen LogP contribution in [0.4, 0.5) is 0 Å². The fraction of sp³-hybridized carbons (Fsp3) is 0.355. The molecule has 5 rings (SSSR count). The molecule has 0 saturated carbocycles. The molecule has 0 aliphatic carbocycles. The van der Waals surface area contributed by atoms with Crippen molar-refractivity contribution in [3.05, 3.63) is 69.6 Å². The van der Waals surface area contributed by atoms with Gasteiger partial charge in [-0.2, -0.15) is 9.40 Å². The van der Waals surface area contributed by atoms with Crippen molar-refractivity contribution < 1.29 is 22.7 Å². The number of ether oxygens (including phenoxy) is 2. The van der Waals surface area contributed by atoms with Gasteiger partial charge in [-0.05, 0) is 62.2 Å². The van der Waals surface area contributed by atoms with E-state index < -0.39 is 10.0 Å². The van der Waals surface area contributed by atoms with E-state index in [1.165, 1.54) is 21.1 Å². The molecule has 2 aromatic heterocycles. The number of Topliss-reactive ketones (excluding diaryl/α,β-unsaturated/α-hetero) is 1. The first-order chi connectivity index (χ1) is 20.7. The number of sulfonamides is 1. The molecular weight excluding hydrogens is 570 g/mol. The van der Waals surface area contributed by atoms with Crippen molar-refractivity contribution in [3.63, 3.8) is 0 Å². The molecule has 12 heteroatoms. The van der Waals surface area contributed by atoms with Crippen molar-refractivity contribution in [1.82, 2.24) is 24.1 Å². The molecule has 226 valence electrons. The smallest absolute Gasteiger partial charge is 0.277 e. The zero-order valence-corrected chi connectivity index (χ0v) is 25.5. The van der Waals surface area contributed by atoms with Gasteiger partial charge in [0.15, 0.2) is 11.3 Å². The molecule has 1 fully saturated rings. The van der Waals surface area contributed by atoms with Crippen LogP contribution in [0.2, 0.25) is 0 Å². The number of ketones is 1. The van der Waals surface area contributed by atoms with Crippen molar-refractivity contribution in [1.29, 1.82) is 0 Å². The number of aryl methyl sites for hydroxylation is 2. The SMILES string of the molecule is CCCc1nn(C)c2c(=O)[nH]c(-c3cc(S(=O)(=O)N4CCC(=O)/C(=C\c5ccc(OCC)cc5)C4)ccc3OCC)nc12. The van der Waals surface area contributed by atoms with Crippen LogP contribution in [0.15, 0.2) is 57.7 Å². The van der Waals surface area contributed by atoms with Crippen LogP contribution in [-0.4, -0.2) is 64.6 Å². The Bertz CT molecular complexity index is 1860. The third kappa shape index (κ3) is 6.11. The van der Waals surface area contributed by atoms with Gasteiger partial charge in [0.25, 0.3) is 5.56 Å². The van der Waals surface area contributed by atoms with E-state index in [2.05, 4.69) is 10.1 Å². The second-order valence-corrected chi connectivity index (χ2v) is 12.1. The van der Waals surface area contributed by atoms with Crippen LogP contribution in [0, 0.1) is 0 Å². The molecule has 3 heterocycles. The maximum absolute atomic E-state index is 13.9. The fourth-order valence-corrected chi connectivity index (χ4v) is 6.61. The molecule has 0 amide bonds. The molecule has 1 aliphatic rings. The van der Waals surface area contributed by atoms with Gasteiger partial charge in [0.1, 0.15) is 22.8 Å². The van der Waals surface area contributed by atoms with Gasteiger partial charge in [0.2, 0.25) is 10.0 Å². The summed E-state index contributed by atoms with van der Waals surface area (Å²) in [6.07, 6.45) is 3.25. The first-order valence-electron chi connectivity index (χ1n) is 14.4. The third-order valence-corrected chi connectivity index (χ3v) is 9.06. The Morgan fingerprint density at radius 1 is 1.02 bits per heavy atom. The number of hydrogen-bond acceptors (Lipinski definition) is 8. The molecule has 0 atom stereocenters. The topological polar surface area (TPSA) is 136 Å². The highest BCUT2D eigenvalue weighted by Gasteiger charge is 2.32. The number of carbonyl (C=O) groups excluding carboxylic acids is 1. The summed E-state index contributed by atoms with van der Waals surface area (Å²) in [4.78, 5) is 33.4. The lowest BCUT2D eigenvalue weighted by Crippen LogP contribution is -2.40. The molecule has 1 aliphatic heterocycles. The zero-order chi connectivity index (χ0) is 30.7. The summed E-state index contributed by atoms with van der Waals surface area (Å²) in [6, 6.07) is 11.8. The Labute approximate surface area is 250 Å². The average Bonchev–Trinajstić information content (AvgIpc) is 3.30. The van der Waals surface area contributed by atoms with Crippen LogP contribution in [0.5, 0.6) is 11.5 Å². The summed E-state index contributed by atoms with van der Waals surface area (Å²) in [5.41, 5.74) is 2.65. The quantitative estimate of drug-likeness (QED) is 0.267.